The molecule has 3 heterocycles. The maximum absolute atomic E-state index is 12.9. The van der Waals surface area contributed by atoms with E-state index in [-0.39, 0.29) is 18.1 Å². The van der Waals surface area contributed by atoms with Crippen molar-refractivity contribution < 1.29 is 4.79 Å². The standard InChI is InChI=1S/C19H25N5O2/c1-4-22-15-7-5-6-8-16(15)24-18(22)20-23(19(24)26)12-17(25)21-10-13(2)9-14(3)11-21/h5-8,13-14H,4,9-12H2,1-3H3/t13-,14-/m1/s1. The van der Waals surface area contributed by atoms with E-state index in [2.05, 4.69) is 18.9 Å². The Kier molecular flexibility index (Phi) is 4.09. The minimum absolute atomic E-state index is 0.00199. The summed E-state index contributed by atoms with van der Waals surface area (Å²) in [5, 5.41) is 4.48. The number of aryl methyl sites for hydroxylation is 1. The van der Waals surface area contributed by atoms with Crippen LogP contribution in [0.4, 0.5) is 0 Å². The summed E-state index contributed by atoms with van der Waals surface area (Å²) in [7, 11) is 0. The van der Waals surface area contributed by atoms with Crippen LogP contribution >= 0.6 is 0 Å². The van der Waals surface area contributed by atoms with Crippen molar-refractivity contribution in [1.29, 1.82) is 0 Å². The number of hydrogen-bond donors (Lipinski definition) is 0. The molecule has 0 radical (unpaired) electrons. The molecule has 26 heavy (non-hydrogen) atoms. The molecule has 1 aromatic carbocycles. The number of amides is 1. The van der Waals surface area contributed by atoms with Gasteiger partial charge in [0.15, 0.2) is 0 Å². The Hall–Kier alpha value is -2.57. The first-order valence-electron chi connectivity index (χ1n) is 9.34. The van der Waals surface area contributed by atoms with Crippen LogP contribution in [0.3, 0.4) is 0 Å². The van der Waals surface area contributed by atoms with Crippen LogP contribution < -0.4 is 5.69 Å². The lowest BCUT2D eigenvalue weighted by atomic mass is 9.92. The highest BCUT2D eigenvalue weighted by molar-refractivity contribution is 5.81. The van der Waals surface area contributed by atoms with E-state index in [0.717, 1.165) is 30.5 Å². The van der Waals surface area contributed by atoms with Crippen LogP contribution in [0.2, 0.25) is 0 Å². The molecule has 2 atom stereocenters. The van der Waals surface area contributed by atoms with Gasteiger partial charge in [-0.1, -0.05) is 26.0 Å². The molecular formula is C19H25N5O2. The van der Waals surface area contributed by atoms with Gasteiger partial charge in [0.25, 0.3) is 0 Å². The van der Waals surface area contributed by atoms with E-state index in [1.165, 1.54) is 4.68 Å². The molecule has 1 fully saturated rings. The molecule has 4 rings (SSSR count). The average Bonchev–Trinajstić information content (AvgIpc) is 3.08. The fourth-order valence-corrected chi connectivity index (χ4v) is 4.28. The van der Waals surface area contributed by atoms with Gasteiger partial charge in [-0.25, -0.2) is 13.9 Å². The second-order valence-electron chi connectivity index (χ2n) is 7.55. The Labute approximate surface area is 151 Å². The third kappa shape index (κ3) is 2.62. The topological polar surface area (TPSA) is 64.5 Å². The van der Waals surface area contributed by atoms with Crippen molar-refractivity contribution in [1.82, 2.24) is 23.6 Å². The van der Waals surface area contributed by atoms with E-state index in [0.29, 0.717) is 24.2 Å². The van der Waals surface area contributed by atoms with Gasteiger partial charge < -0.3 is 9.47 Å². The van der Waals surface area contributed by atoms with Gasteiger partial charge in [-0.15, -0.1) is 5.10 Å². The smallest absolute Gasteiger partial charge is 0.341 e. The summed E-state index contributed by atoms with van der Waals surface area (Å²) in [5.41, 5.74) is 1.55. The Bertz CT molecular complexity index is 1020. The minimum Gasteiger partial charge on any atom is -0.341 e. The lowest BCUT2D eigenvalue weighted by Gasteiger charge is -2.34. The second-order valence-corrected chi connectivity index (χ2v) is 7.55. The predicted octanol–water partition coefficient (Wildman–Crippen LogP) is 1.98. The zero-order valence-corrected chi connectivity index (χ0v) is 15.6. The minimum atomic E-state index is -0.255. The van der Waals surface area contributed by atoms with Crippen LogP contribution in [-0.2, 0) is 17.9 Å². The highest BCUT2D eigenvalue weighted by Crippen LogP contribution is 2.21. The summed E-state index contributed by atoms with van der Waals surface area (Å²) in [6.45, 7) is 8.59. The number of carbonyl (C=O) groups is 1. The van der Waals surface area contributed by atoms with Gasteiger partial charge in [-0.2, -0.15) is 0 Å². The normalized spacial score (nSPS) is 21.0. The zero-order valence-electron chi connectivity index (χ0n) is 15.6. The lowest BCUT2D eigenvalue weighted by Crippen LogP contribution is -2.45. The molecule has 138 valence electrons. The van der Waals surface area contributed by atoms with Crippen molar-refractivity contribution in [2.24, 2.45) is 11.8 Å². The van der Waals surface area contributed by atoms with Crippen molar-refractivity contribution >= 4 is 22.7 Å². The number of piperidine rings is 1. The molecule has 0 unspecified atom stereocenters. The van der Waals surface area contributed by atoms with Crippen LogP contribution in [-0.4, -0.2) is 42.6 Å². The molecule has 1 aliphatic heterocycles. The van der Waals surface area contributed by atoms with E-state index < -0.39 is 0 Å². The molecule has 1 amide bonds. The van der Waals surface area contributed by atoms with Crippen molar-refractivity contribution in [3.05, 3.63) is 34.7 Å². The number of aromatic nitrogens is 4. The number of likely N-dealkylation sites (tertiary alicyclic amines) is 1. The van der Waals surface area contributed by atoms with Gasteiger partial charge in [0.1, 0.15) is 6.54 Å². The van der Waals surface area contributed by atoms with Crippen LogP contribution in [0, 0.1) is 11.8 Å². The Balaban J connectivity index is 1.71. The number of fused-ring (bicyclic) bond motifs is 3. The van der Waals surface area contributed by atoms with Gasteiger partial charge in [0.2, 0.25) is 11.7 Å². The molecule has 0 bridgehead atoms. The zero-order chi connectivity index (χ0) is 18.4. The van der Waals surface area contributed by atoms with Crippen LogP contribution in [0.5, 0.6) is 0 Å². The average molecular weight is 355 g/mol. The largest absolute Gasteiger partial charge is 0.352 e. The first kappa shape index (κ1) is 16.9. The van der Waals surface area contributed by atoms with Crippen molar-refractivity contribution in [2.45, 2.75) is 40.3 Å². The maximum atomic E-state index is 12.9. The molecule has 2 aromatic heterocycles. The predicted molar refractivity (Wildman–Crippen MR) is 100 cm³/mol. The van der Waals surface area contributed by atoms with Crippen molar-refractivity contribution in [2.75, 3.05) is 13.1 Å². The quantitative estimate of drug-likeness (QED) is 0.722. The number of benzene rings is 1. The van der Waals surface area contributed by atoms with Gasteiger partial charge in [-0.3, -0.25) is 4.79 Å². The maximum Gasteiger partial charge on any atom is 0.352 e. The third-order valence-electron chi connectivity index (χ3n) is 5.30. The van der Waals surface area contributed by atoms with Crippen LogP contribution in [0.15, 0.2) is 29.1 Å². The molecular weight excluding hydrogens is 330 g/mol. The summed E-state index contributed by atoms with van der Waals surface area (Å²) < 4.78 is 4.91. The number of carbonyl (C=O) groups excluding carboxylic acids is 1. The van der Waals surface area contributed by atoms with E-state index in [9.17, 15) is 9.59 Å². The fourth-order valence-electron chi connectivity index (χ4n) is 4.28. The van der Waals surface area contributed by atoms with Crippen molar-refractivity contribution in [3.63, 3.8) is 0 Å². The summed E-state index contributed by atoms with van der Waals surface area (Å²) in [5.74, 6) is 1.55. The lowest BCUT2D eigenvalue weighted by molar-refractivity contribution is -0.134. The highest BCUT2D eigenvalue weighted by atomic mass is 16.2. The van der Waals surface area contributed by atoms with E-state index in [4.69, 9.17) is 0 Å². The third-order valence-corrected chi connectivity index (χ3v) is 5.30. The number of rotatable bonds is 3. The van der Waals surface area contributed by atoms with E-state index in [1.54, 1.807) is 4.40 Å². The Morgan fingerprint density at radius 2 is 1.81 bits per heavy atom. The Morgan fingerprint density at radius 1 is 1.15 bits per heavy atom. The van der Waals surface area contributed by atoms with E-state index >= 15 is 0 Å². The summed E-state index contributed by atoms with van der Waals surface area (Å²) in [6.07, 6.45) is 1.14. The van der Waals surface area contributed by atoms with Gasteiger partial charge in [0, 0.05) is 19.6 Å². The van der Waals surface area contributed by atoms with Gasteiger partial charge >= 0.3 is 5.69 Å². The monoisotopic (exact) mass is 355 g/mol. The number of para-hydroxylation sites is 2. The Morgan fingerprint density at radius 3 is 2.46 bits per heavy atom. The molecule has 0 N–H and O–H groups in total. The van der Waals surface area contributed by atoms with Crippen LogP contribution in [0.1, 0.15) is 27.2 Å². The SMILES string of the molecule is CCn1c2ccccc2n2c(=O)n(CC(=O)N3C[C@H](C)C[C@@H](C)C3)nc12. The first-order valence-corrected chi connectivity index (χ1v) is 9.34. The molecule has 0 saturated carbocycles. The van der Waals surface area contributed by atoms with Gasteiger partial charge in [-0.05, 0) is 37.3 Å². The molecule has 1 aliphatic rings. The first-order chi connectivity index (χ1) is 12.5. The van der Waals surface area contributed by atoms with Crippen LogP contribution in [0.25, 0.3) is 16.8 Å². The van der Waals surface area contributed by atoms with Gasteiger partial charge in [0.05, 0.1) is 11.0 Å². The second kappa shape index (κ2) is 6.30. The molecule has 0 aliphatic carbocycles. The number of hydrogen-bond acceptors (Lipinski definition) is 3. The molecule has 7 heteroatoms. The fraction of sp³-hybridized carbons (Fsp3) is 0.526. The summed E-state index contributed by atoms with van der Waals surface area (Å²) in [4.78, 5) is 27.5. The number of imidazole rings is 1. The van der Waals surface area contributed by atoms with E-state index in [1.807, 2.05) is 40.7 Å². The molecule has 1 saturated heterocycles. The number of nitrogens with zero attached hydrogens (tertiary/aromatic N) is 5. The highest BCUT2D eigenvalue weighted by Gasteiger charge is 2.26. The molecule has 0 spiro atoms. The molecule has 3 aromatic rings. The summed E-state index contributed by atoms with van der Waals surface area (Å²) in [6, 6.07) is 7.76. The van der Waals surface area contributed by atoms with Crippen molar-refractivity contribution in [3.8, 4) is 0 Å². The molecule has 7 nitrogen and oxygen atoms in total. The summed E-state index contributed by atoms with van der Waals surface area (Å²) >= 11 is 0.